The van der Waals surface area contributed by atoms with Crippen LogP contribution >= 0.6 is 0 Å². The largest absolute Gasteiger partial charge is 0.493 e. The molecule has 1 aliphatic carbocycles. The van der Waals surface area contributed by atoms with Crippen molar-refractivity contribution in [2.45, 2.75) is 18.9 Å². The molecule has 1 fully saturated rings. The molecule has 0 atom stereocenters. The lowest BCUT2D eigenvalue weighted by Gasteiger charge is -2.07. The van der Waals surface area contributed by atoms with Crippen LogP contribution in [0.1, 0.15) is 12.8 Å². The van der Waals surface area contributed by atoms with Crippen molar-refractivity contribution >= 4 is 5.82 Å². The van der Waals surface area contributed by atoms with Crippen LogP contribution in [0.15, 0.2) is 12.3 Å². The third-order valence-corrected chi connectivity index (χ3v) is 1.90. The van der Waals surface area contributed by atoms with Gasteiger partial charge in [0.2, 0.25) is 0 Å². The van der Waals surface area contributed by atoms with Crippen LogP contribution in [0.3, 0.4) is 0 Å². The Hall–Kier alpha value is -1.45. The molecule has 0 radical (unpaired) electrons. The average molecular weight is 180 g/mol. The Balaban J connectivity index is 2.16. The summed E-state index contributed by atoms with van der Waals surface area (Å²) in [5, 5.41) is 0. The minimum absolute atomic E-state index is 0.370. The SMILES string of the molecule is COc1cc(OC2CC2)cnc1N. The van der Waals surface area contributed by atoms with E-state index in [-0.39, 0.29) is 0 Å². The summed E-state index contributed by atoms with van der Waals surface area (Å²) in [5.74, 6) is 1.69. The number of nitrogens with two attached hydrogens (primary N) is 1. The first kappa shape index (κ1) is 8.16. The molecule has 0 aliphatic heterocycles. The highest BCUT2D eigenvalue weighted by atomic mass is 16.5. The maximum absolute atomic E-state index is 5.55. The van der Waals surface area contributed by atoms with Crippen LogP contribution in [-0.4, -0.2) is 18.2 Å². The fourth-order valence-corrected chi connectivity index (χ4v) is 1.04. The summed E-state index contributed by atoms with van der Waals surface area (Å²) in [4.78, 5) is 3.96. The Morgan fingerprint density at radius 1 is 1.54 bits per heavy atom. The van der Waals surface area contributed by atoms with Crippen molar-refractivity contribution in [2.24, 2.45) is 0 Å². The Bertz CT molecular complexity index is 310. The van der Waals surface area contributed by atoms with Gasteiger partial charge in [0.15, 0.2) is 11.6 Å². The number of rotatable bonds is 3. The van der Waals surface area contributed by atoms with Gasteiger partial charge in [-0.1, -0.05) is 0 Å². The molecule has 0 unspecified atom stereocenters. The monoisotopic (exact) mass is 180 g/mol. The van der Waals surface area contributed by atoms with E-state index >= 15 is 0 Å². The Morgan fingerprint density at radius 2 is 2.31 bits per heavy atom. The highest BCUT2D eigenvalue weighted by Gasteiger charge is 2.23. The molecule has 0 amide bonds. The molecule has 1 aromatic rings. The maximum Gasteiger partial charge on any atom is 0.166 e. The molecule has 13 heavy (non-hydrogen) atoms. The molecular weight excluding hydrogens is 168 g/mol. The van der Waals surface area contributed by atoms with Crippen molar-refractivity contribution in [3.8, 4) is 11.5 Å². The van der Waals surface area contributed by atoms with Crippen molar-refractivity contribution < 1.29 is 9.47 Å². The lowest BCUT2D eigenvalue weighted by molar-refractivity contribution is 0.299. The molecule has 70 valence electrons. The zero-order valence-electron chi connectivity index (χ0n) is 7.49. The molecule has 0 aromatic carbocycles. The van der Waals surface area contributed by atoms with Crippen molar-refractivity contribution in [1.82, 2.24) is 4.98 Å². The standard InChI is InChI=1S/C9H12N2O2/c1-12-8-4-7(5-11-9(8)10)13-6-2-3-6/h4-6H,2-3H2,1H3,(H2,10,11). The van der Waals surface area contributed by atoms with E-state index in [0.29, 0.717) is 17.7 Å². The van der Waals surface area contributed by atoms with Crippen LogP contribution < -0.4 is 15.2 Å². The van der Waals surface area contributed by atoms with E-state index in [1.54, 1.807) is 19.4 Å². The number of hydrogen-bond donors (Lipinski definition) is 1. The van der Waals surface area contributed by atoms with Crippen LogP contribution in [0, 0.1) is 0 Å². The highest BCUT2D eigenvalue weighted by Crippen LogP contribution is 2.29. The minimum Gasteiger partial charge on any atom is -0.493 e. The molecule has 0 spiro atoms. The molecular formula is C9H12N2O2. The molecule has 4 nitrogen and oxygen atoms in total. The second-order valence-corrected chi connectivity index (χ2v) is 3.08. The molecule has 1 heterocycles. The topological polar surface area (TPSA) is 57.4 Å². The number of nitrogen functional groups attached to an aromatic ring is 1. The van der Waals surface area contributed by atoms with Gasteiger partial charge in [-0.25, -0.2) is 4.98 Å². The predicted molar refractivity (Wildman–Crippen MR) is 48.9 cm³/mol. The van der Waals surface area contributed by atoms with Crippen molar-refractivity contribution in [2.75, 3.05) is 12.8 Å². The van der Waals surface area contributed by atoms with E-state index in [9.17, 15) is 0 Å². The van der Waals surface area contributed by atoms with Gasteiger partial charge in [-0.3, -0.25) is 0 Å². The number of pyridine rings is 1. The van der Waals surface area contributed by atoms with Crippen LogP contribution in [0.5, 0.6) is 11.5 Å². The van der Waals surface area contributed by atoms with Gasteiger partial charge in [-0.05, 0) is 12.8 Å². The summed E-state index contributed by atoms with van der Waals surface area (Å²) in [6.45, 7) is 0. The first-order valence-corrected chi connectivity index (χ1v) is 4.26. The third kappa shape index (κ3) is 1.83. The van der Waals surface area contributed by atoms with Gasteiger partial charge in [0.05, 0.1) is 19.4 Å². The summed E-state index contributed by atoms with van der Waals surface area (Å²) in [6.07, 6.45) is 4.25. The quantitative estimate of drug-likeness (QED) is 0.759. The van der Waals surface area contributed by atoms with Gasteiger partial charge in [0, 0.05) is 6.07 Å². The Kier molecular flexibility index (Phi) is 1.96. The Labute approximate surface area is 76.7 Å². The first-order valence-electron chi connectivity index (χ1n) is 4.26. The van der Waals surface area contributed by atoms with E-state index < -0.39 is 0 Å². The molecule has 1 aromatic heterocycles. The van der Waals surface area contributed by atoms with Gasteiger partial charge < -0.3 is 15.2 Å². The van der Waals surface area contributed by atoms with Crippen molar-refractivity contribution in [3.63, 3.8) is 0 Å². The molecule has 0 saturated heterocycles. The van der Waals surface area contributed by atoms with Crippen LogP contribution in [-0.2, 0) is 0 Å². The van der Waals surface area contributed by atoms with E-state index in [1.165, 1.54) is 0 Å². The summed E-state index contributed by atoms with van der Waals surface area (Å²) in [7, 11) is 1.56. The first-order chi connectivity index (χ1) is 6.29. The lowest BCUT2D eigenvalue weighted by Crippen LogP contribution is -2.00. The summed E-state index contributed by atoms with van der Waals surface area (Å²) >= 11 is 0. The van der Waals surface area contributed by atoms with E-state index in [0.717, 1.165) is 18.6 Å². The second-order valence-electron chi connectivity index (χ2n) is 3.08. The zero-order valence-corrected chi connectivity index (χ0v) is 7.49. The Morgan fingerprint density at radius 3 is 2.92 bits per heavy atom. The third-order valence-electron chi connectivity index (χ3n) is 1.90. The lowest BCUT2D eigenvalue weighted by atomic mass is 10.4. The average Bonchev–Trinajstić information content (AvgIpc) is 2.92. The molecule has 4 heteroatoms. The number of aromatic nitrogens is 1. The minimum atomic E-state index is 0.370. The number of ether oxygens (including phenoxy) is 2. The normalized spacial score (nSPS) is 15.5. The fourth-order valence-electron chi connectivity index (χ4n) is 1.04. The number of methoxy groups -OCH3 is 1. The highest BCUT2D eigenvalue weighted by molar-refractivity contribution is 5.48. The zero-order chi connectivity index (χ0) is 9.26. The van der Waals surface area contributed by atoms with Crippen LogP contribution in [0.25, 0.3) is 0 Å². The van der Waals surface area contributed by atoms with Gasteiger partial charge in [-0.15, -0.1) is 0 Å². The summed E-state index contributed by atoms with van der Waals surface area (Å²) < 4.78 is 10.5. The molecule has 2 rings (SSSR count). The van der Waals surface area contributed by atoms with Crippen LogP contribution in [0.4, 0.5) is 5.82 Å². The van der Waals surface area contributed by atoms with Crippen LogP contribution in [0.2, 0.25) is 0 Å². The predicted octanol–water partition coefficient (Wildman–Crippen LogP) is 1.21. The van der Waals surface area contributed by atoms with Crippen molar-refractivity contribution in [3.05, 3.63) is 12.3 Å². The van der Waals surface area contributed by atoms with Crippen molar-refractivity contribution in [1.29, 1.82) is 0 Å². The summed E-state index contributed by atoms with van der Waals surface area (Å²) in [5.41, 5.74) is 5.55. The number of hydrogen-bond acceptors (Lipinski definition) is 4. The van der Waals surface area contributed by atoms with Gasteiger partial charge >= 0.3 is 0 Å². The molecule has 1 saturated carbocycles. The van der Waals surface area contributed by atoms with Gasteiger partial charge in [-0.2, -0.15) is 0 Å². The van der Waals surface area contributed by atoms with E-state index in [4.69, 9.17) is 15.2 Å². The van der Waals surface area contributed by atoms with Gasteiger partial charge in [0.1, 0.15) is 5.75 Å². The fraction of sp³-hybridized carbons (Fsp3) is 0.444. The van der Waals surface area contributed by atoms with Gasteiger partial charge in [0.25, 0.3) is 0 Å². The second kappa shape index (κ2) is 3.12. The summed E-state index contributed by atoms with van der Waals surface area (Å²) in [6, 6.07) is 1.76. The molecule has 1 aliphatic rings. The van der Waals surface area contributed by atoms with E-state index in [2.05, 4.69) is 4.98 Å². The number of nitrogens with zero attached hydrogens (tertiary/aromatic N) is 1. The smallest absolute Gasteiger partial charge is 0.166 e. The number of anilines is 1. The molecule has 2 N–H and O–H groups in total. The maximum atomic E-state index is 5.55. The molecule has 0 bridgehead atoms. The van der Waals surface area contributed by atoms with E-state index in [1.807, 2.05) is 0 Å².